The standard InChI is InChI=1S/C31H23ClF6N2O4/c32-21-6-7-24-25(41)16-27(44-26(24)14-21)28(42)39-22-8-9-40(23(15-22)10-17-4-2-1-3-5-17)29(43)18-11-19(30(33,34)35)13-20(12-18)31(36,37)38/h1-7,11-14,16,22-23H,8-10,15H2,(H,39,42). The second-order valence-corrected chi connectivity index (χ2v) is 10.9. The first-order valence-corrected chi connectivity index (χ1v) is 13.8. The summed E-state index contributed by atoms with van der Waals surface area (Å²) in [6, 6.07) is 13.8. The number of nitrogens with one attached hydrogen (secondary N) is 1. The molecule has 1 fully saturated rings. The molecule has 13 heteroatoms. The Hall–Kier alpha value is -4.32. The van der Waals surface area contributed by atoms with Crippen LogP contribution in [0.2, 0.25) is 5.02 Å². The fraction of sp³-hybridized carbons (Fsp3) is 0.258. The predicted octanol–water partition coefficient (Wildman–Crippen LogP) is 7.13. The topological polar surface area (TPSA) is 79.6 Å². The minimum absolute atomic E-state index is 0.0287. The van der Waals surface area contributed by atoms with E-state index in [0.717, 1.165) is 11.6 Å². The van der Waals surface area contributed by atoms with Gasteiger partial charge in [-0.3, -0.25) is 14.4 Å². The van der Waals surface area contributed by atoms with Crippen molar-refractivity contribution in [3.8, 4) is 0 Å². The van der Waals surface area contributed by atoms with Crippen molar-refractivity contribution < 1.29 is 40.3 Å². The van der Waals surface area contributed by atoms with E-state index in [2.05, 4.69) is 5.32 Å². The molecule has 0 radical (unpaired) electrons. The number of piperidine rings is 1. The Morgan fingerprint density at radius 3 is 2.20 bits per heavy atom. The molecule has 3 aromatic carbocycles. The maximum Gasteiger partial charge on any atom is 0.416 e. The van der Waals surface area contributed by atoms with Crippen molar-refractivity contribution in [2.75, 3.05) is 6.54 Å². The van der Waals surface area contributed by atoms with Crippen LogP contribution in [0.5, 0.6) is 0 Å². The number of likely N-dealkylation sites (tertiary alicyclic amines) is 1. The lowest BCUT2D eigenvalue weighted by Crippen LogP contribution is -2.52. The van der Waals surface area contributed by atoms with Crippen molar-refractivity contribution in [2.45, 2.75) is 43.7 Å². The highest BCUT2D eigenvalue weighted by Crippen LogP contribution is 2.37. The monoisotopic (exact) mass is 636 g/mol. The van der Waals surface area contributed by atoms with Crippen LogP contribution in [-0.4, -0.2) is 35.3 Å². The van der Waals surface area contributed by atoms with Crippen molar-refractivity contribution in [2.24, 2.45) is 0 Å². The third-order valence-electron chi connectivity index (χ3n) is 7.38. The van der Waals surface area contributed by atoms with Crippen LogP contribution in [0.3, 0.4) is 0 Å². The summed E-state index contributed by atoms with van der Waals surface area (Å²) in [7, 11) is 0. The van der Waals surface area contributed by atoms with Crippen LogP contribution in [0.1, 0.15) is 50.4 Å². The highest BCUT2D eigenvalue weighted by atomic mass is 35.5. The van der Waals surface area contributed by atoms with E-state index in [4.69, 9.17) is 16.0 Å². The van der Waals surface area contributed by atoms with E-state index in [1.54, 1.807) is 30.3 Å². The second-order valence-electron chi connectivity index (χ2n) is 10.4. The Bertz CT molecular complexity index is 1740. The van der Waals surface area contributed by atoms with Crippen molar-refractivity contribution in [3.63, 3.8) is 0 Å². The van der Waals surface area contributed by atoms with Crippen LogP contribution in [0, 0.1) is 0 Å². The summed E-state index contributed by atoms with van der Waals surface area (Å²) in [6.07, 6.45) is -9.74. The molecular weight excluding hydrogens is 614 g/mol. The van der Waals surface area contributed by atoms with Gasteiger partial charge in [0.25, 0.3) is 11.8 Å². The smallest absolute Gasteiger partial charge is 0.416 e. The third-order valence-corrected chi connectivity index (χ3v) is 7.61. The highest BCUT2D eigenvalue weighted by molar-refractivity contribution is 6.31. The second kappa shape index (κ2) is 12.0. The molecule has 2 unspecified atom stereocenters. The predicted molar refractivity (Wildman–Crippen MR) is 149 cm³/mol. The van der Waals surface area contributed by atoms with Gasteiger partial charge >= 0.3 is 12.4 Å². The maximum absolute atomic E-state index is 13.5. The van der Waals surface area contributed by atoms with E-state index in [1.807, 2.05) is 0 Å². The van der Waals surface area contributed by atoms with Crippen molar-refractivity contribution in [3.05, 3.63) is 116 Å². The lowest BCUT2D eigenvalue weighted by atomic mass is 9.91. The number of halogens is 7. The summed E-state index contributed by atoms with van der Waals surface area (Å²) < 4.78 is 86.5. The summed E-state index contributed by atoms with van der Waals surface area (Å²) >= 11 is 5.98. The minimum atomic E-state index is -5.11. The van der Waals surface area contributed by atoms with Crippen LogP contribution >= 0.6 is 11.6 Å². The Balaban J connectivity index is 1.42. The Morgan fingerprint density at radius 1 is 0.909 bits per heavy atom. The average molecular weight is 637 g/mol. The van der Waals surface area contributed by atoms with Crippen LogP contribution in [0.25, 0.3) is 11.0 Å². The normalized spacial score (nSPS) is 17.5. The summed E-state index contributed by atoms with van der Waals surface area (Å²) in [6.45, 7) is -0.0733. The molecule has 1 aliphatic rings. The first kappa shape index (κ1) is 31.1. The SMILES string of the molecule is O=C(NC1CCN(C(=O)c2cc(C(F)(F)F)cc(C(F)(F)F)c2)C(Cc2ccccc2)C1)c1cc(=O)c2ccc(Cl)cc2o1. The molecule has 1 saturated heterocycles. The Morgan fingerprint density at radius 2 is 1.57 bits per heavy atom. The van der Waals surface area contributed by atoms with Crippen LogP contribution in [-0.2, 0) is 18.8 Å². The van der Waals surface area contributed by atoms with Crippen molar-refractivity contribution in [1.29, 1.82) is 0 Å². The quantitative estimate of drug-likeness (QED) is 0.237. The molecule has 0 bridgehead atoms. The van der Waals surface area contributed by atoms with E-state index in [-0.39, 0.29) is 48.6 Å². The zero-order valence-corrected chi connectivity index (χ0v) is 23.4. The fourth-order valence-electron chi connectivity index (χ4n) is 5.27. The van der Waals surface area contributed by atoms with Gasteiger partial charge in [-0.05, 0) is 55.2 Å². The number of hydrogen-bond donors (Lipinski definition) is 1. The summed E-state index contributed by atoms with van der Waals surface area (Å²) in [5.74, 6) is -1.98. The lowest BCUT2D eigenvalue weighted by molar-refractivity contribution is -0.143. The highest BCUT2D eigenvalue weighted by Gasteiger charge is 2.39. The van der Waals surface area contributed by atoms with E-state index >= 15 is 0 Å². The third kappa shape index (κ3) is 6.91. The summed E-state index contributed by atoms with van der Waals surface area (Å²) in [5, 5.41) is 3.29. The molecule has 0 spiro atoms. The maximum atomic E-state index is 13.5. The van der Waals surface area contributed by atoms with Gasteiger partial charge in [0.2, 0.25) is 0 Å². The lowest BCUT2D eigenvalue weighted by Gasteiger charge is -2.40. The molecule has 1 aromatic heterocycles. The van der Waals surface area contributed by atoms with Gasteiger partial charge in [0.15, 0.2) is 11.2 Å². The zero-order valence-electron chi connectivity index (χ0n) is 22.6. The number of hydrogen-bond acceptors (Lipinski definition) is 4. The number of alkyl halides is 6. The molecule has 230 valence electrons. The van der Waals surface area contributed by atoms with Crippen molar-refractivity contribution >= 4 is 34.4 Å². The molecular formula is C31H23ClF6N2O4. The van der Waals surface area contributed by atoms with Gasteiger partial charge in [-0.1, -0.05) is 41.9 Å². The summed E-state index contributed by atoms with van der Waals surface area (Å²) in [4.78, 5) is 40.4. The number of nitrogens with zero attached hydrogens (tertiary/aromatic N) is 1. The number of rotatable bonds is 5. The number of benzene rings is 3. The Kier molecular flexibility index (Phi) is 8.48. The van der Waals surface area contributed by atoms with E-state index in [0.29, 0.717) is 17.2 Å². The molecule has 6 nitrogen and oxygen atoms in total. The van der Waals surface area contributed by atoms with Crippen molar-refractivity contribution in [1.82, 2.24) is 10.2 Å². The number of carbonyl (C=O) groups excluding carboxylic acids is 2. The van der Waals surface area contributed by atoms with Crippen LogP contribution in [0.15, 0.2) is 82.0 Å². The first-order chi connectivity index (χ1) is 20.7. The zero-order chi connectivity index (χ0) is 31.8. The molecule has 1 N–H and O–H groups in total. The average Bonchev–Trinajstić information content (AvgIpc) is 2.96. The largest absolute Gasteiger partial charge is 0.451 e. The summed E-state index contributed by atoms with van der Waals surface area (Å²) in [5.41, 5.74) is -3.51. The minimum Gasteiger partial charge on any atom is -0.451 e. The molecule has 2 atom stereocenters. The fourth-order valence-corrected chi connectivity index (χ4v) is 5.43. The Labute approximate surface area is 251 Å². The molecule has 44 heavy (non-hydrogen) atoms. The van der Waals surface area contributed by atoms with Gasteiger partial charge in [0, 0.05) is 41.3 Å². The molecule has 4 aromatic rings. The molecule has 5 rings (SSSR count). The number of fused-ring (bicyclic) bond motifs is 1. The van der Waals surface area contributed by atoms with Crippen LogP contribution in [0.4, 0.5) is 26.3 Å². The molecule has 0 saturated carbocycles. The van der Waals surface area contributed by atoms with Gasteiger partial charge in [-0.2, -0.15) is 26.3 Å². The molecule has 2 amide bonds. The van der Waals surface area contributed by atoms with Gasteiger partial charge in [-0.15, -0.1) is 0 Å². The molecule has 2 heterocycles. The van der Waals surface area contributed by atoms with Crippen LogP contribution < -0.4 is 10.7 Å². The van der Waals surface area contributed by atoms with Gasteiger partial charge < -0.3 is 14.6 Å². The molecule has 0 aliphatic carbocycles. The number of carbonyl (C=O) groups is 2. The van der Waals surface area contributed by atoms with Gasteiger partial charge in [0.05, 0.1) is 16.5 Å². The number of amides is 2. The first-order valence-electron chi connectivity index (χ1n) is 13.4. The van der Waals surface area contributed by atoms with Gasteiger partial charge in [0.1, 0.15) is 5.58 Å². The van der Waals surface area contributed by atoms with Gasteiger partial charge in [-0.25, -0.2) is 0 Å². The molecule has 1 aliphatic heterocycles. The van der Waals surface area contributed by atoms with E-state index < -0.39 is 58.4 Å². The van der Waals surface area contributed by atoms with E-state index in [1.165, 1.54) is 23.1 Å². The van der Waals surface area contributed by atoms with E-state index in [9.17, 15) is 40.7 Å².